The molecule has 2 aromatic carbocycles. The minimum Gasteiger partial charge on any atom is -0.485 e. The van der Waals surface area contributed by atoms with Gasteiger partial charge in [-0.05, 0) is 62.6 Å². The van der Waals surface area contributed by atoms with E-state index in [1.807, 2.05) is 50.5 Å². The van der Waals surface area contributed by atoms with Crippen molar-refractivity contribution < 1.29 is 9.53 Å². The van der Waals surface area contributed by atoms with Crippen LogP contribution >= 0.6 is 23.4 Å². The minimum absolute atomic E-state index is 0.121. The topological polar surface area (TPSA) is 69.0 Å². The molecule has 0 unspecified atom stereocenters. The Balaban J connectivity index is 1.61. The summed E-state index contributed by atoms with van der Waals surface area (Å²) in [6.45, 7) is 9.00. The highest BCUT2D eigenvalue weighted by Crippen LogP contribution is 2.23. The maximum Gasteiger partial charge on any atom is 0.234 e. The number of amides is 1. The summed E-state index contributed by atoms with van der Waals surface area (Å²) >= 11 is 7.36. The van der Waals surface area contributed by atoms with E-state index >= 15 is 0 Å². The number of hydrogen-bond acceptors (Lipinski definition) is 5. The number of rotatable bonds is 8. The predicted molar refractivity (Wildman–Crippen MR) is 121 cm³/mol. The van der Waals surface area contributed by atoms with Crippen molar-refractivity contribution in [1.82, 2.24) is 14.8 Å². The number of anilines is 1. The van der Waals surface area contributed by atoms with Crippen molar-refractivity contribution in [1.29, 1.82) is 0 Å². The van der Waals surface area contributed by atoms with Gasteiger partial charge in [0.25, 0.3) is 0 Å². The third-order valence-electron chi connectivity index (χ3n) is 4.62. The number of nitrogens with one attached hydrogen (secondary N) is 1. The fourth-order valence-corrected chi connectivity index (χ4v) is 3.89. The summed E-state index contributed by atoms with van der Waals surface area (Å²) < 4.78 is 7.93. The van der Waals surface area contributed by atoms with Gasteiger partial charge in [0.1, 0.15) is 12.4 Å². The van der Waals surface area contributed by atoms with Gasteiger partial charge in [-0.3, -0.25) is 4.79 Å². The molecular weight excluding hydrogens is 420 g/mol. The third-order valence-corrected chi connectivity index (χ3v) is 5.82. The standard InChI is InChI=1S/C22H25ClN4O2S/c1-5-27-20(12-29-19-10-14(2)6-7-16(19)4)25-26-22(27)30-13-21(28)24-18-11-17(23)9-8-15(18)3/h6-11H,5,12-13H2,1-4H3,(H,24,28). The van der Waals surface area contributed by atoms with Crippen molar-refractivity contribution in [2.45, 2.75) is 46.0 Å². The fourth-order valence-electron chi connectivity index (χ4n) is 2.90. The van der Waals surface area contributed by atoms with Crippen molar-refractivity contribution in [3.63, 3.8) is 0 Å². The molecule has 8 heteroatoms. The van der Waals surface area contributed by atoms with Crippen LogP contribution in [0.3, 0.4) is 0 Å². The number of nitrogens with zero attached hydrogens (tertiary/aromatic N) is 3. The Morgan fingerprint density at radius 3 is 2.67 bits per heavy atom. The second kappa shape index (κ2) is 10.00. The van der Waals surface area contributed by atoms with Gasteiger partial charge in [-0.25, -0.2) is 0 Å². The molecule has 158 valence electrons. The van der Waals surface area contributed by atoms with E-state index in [0.717, 1.165) is 28.3 Å². The summed E-state index contributed by atoms with van der Waals surface area (Å²) in [6.07, 6.45) is 0. The summed E-state index contributed by atoms with van der Waals surface area (Å²) in [4.78, 5) is 12.4. The van der Waals surface area contributed by atoms with Gasteiger partial charge in [0.05, 0.1) is 5.75 Å². The molecule has 1 aromatic heterocycles. The van der Waals surface area contributed by atoms with Crippen molar-refractivity contribution >= 4 is 35.0 Å². The van der Waals surface area contributed by atoms with E-state index in [1.54, 1.807) is 12.1 Å². The van der Waals surface area contributed by atoms with Crippen molar-refractivity contribution in [3.05, 3.63) is 63.9 Å². The zero-order valence-electron chi connectivity index (χ0n) is 17.5. The van der Waals surface area contributed by atoms with Gasteiger partial charge in [-0.2, -0.15) is 0 Å². The summed E-state index contributed by atoms with van der Waals surface area (Å²) in [6, 6.07) is 11.5. The first-order valence-corrected chi connectivity index (χ1v) is 11.0. The molecule has 0 aliphatic carbocycles. The van der Waals surface area contributed by atoms with Crippen LogP contribution in [0.15, 0.2) is 41.6 Å². The molecule has 0 fully saturated rings. The van der Waals surface area contributed by atoms with Crippen LogP contribution in [0.4, 0.5) is 5.69 Å². The van der Waals surface area contributed by atoms with Crippen molar-refractivity contribution in [3.8, 4) is 5.75 Å². The largest absolute Gasteiger partial charge is 0.485 e. The highest BCUT2D eigenvalue weighted by atomic mass is 35.5. The summed E-state index contributed by atoms with van der Waals surface area (Å²) in [5.74, 6) is 1.67. The van der Waals surface area contributed by atoms with Gasteiger partial charge in [0.15, 0.2) is 11.0 Å². The number of aromatic nitrogens is 3. The Hall–Kier alpha value is -2.51. The van der Waals surface area contributed by atoms with E-state index in [2.05, 4.69) is 21.6 Å². The number of hydrogen-bond donors (Lipinski definition) is 1. The van der Waals surface area contributed by atoms with Crippen molar-refractivity contribution in [2.75, 3.05) is 11.1 Å². The Labute approximate surface area is 186 Å². The Bertz CT molecular complexity index is 1050. The van der Waals surface area contributed by atoms with Crippen LogP contribution in [0, 0.1) is 20.8 Å². The van der Waals surface area contributed by atoms with Crippen LogP contribution in [-0.2, 0) is 17.9 Å². The first-order chi connectivity index (χ1) is 14.4. The number of carbonyl (C=O) groups excluding carboxylic acids is 1. The molecular formula is C22H25ClN4O2S. The summed E-state index contributed by atoms with van der Waals surface area (Å²) in [5.41, 5.74) is 3.89. The van der Waals surface area contributed by atoms with Gasteiger partial charge in [0.2, 0.25) is 5.91 Å². The molecule has 0 spiro atoms. The molecule has 1 N–H and O–H groups in total. The summed E-state index contributed by atoms with van der Waals surface area (Å²) in [7, 11) is 0. The lowest BCUT2D eigenvalue weighted by Gasteiger charge is -2.11. The smallest absolute Gasteiger partial charge is 0.234 e. The third kappa shape index (κ3) is 5.55. The number of thioether (sulfide) groups is 1. The lowest BCUT2D eigenvalue weighted by molar-refractivity contribution is -0.113. The molecule has 6 nitrogen and oxygen atoms in total. The summed E-state index contributed by atoms with van der Waals surface area (Å²) in [5, 5.41) is 12.7. The number of carbonyl (C=O) groups is 1. The Morgan fingerprint density at radius 2 is 1.90 bits per heavy atom. The molecule has 1 heterocycles. The van der Waals surface area contributed by atoms with E-state index in [0.29, 0.717) is 29.0 Å². The molecule has 3 rings (SSSR count). The molecule has 0 aliphatic heterocycles. The van der Waals surface area contributed by atoms with Gasteiger partial charge < -0.3 is 14.6 Å². The van der Waals surface area contributed by atoms with E-state index in [9.17, 15) is 4.79 Å². The molecule has 0 radical (unpaired) electrons. The Morgan fingerprint density at radius 1 is 1.13 bits per heavy atom. The zero-order valence-corrected chi connectivity index (χ0v) is 19.1. The van der Waals surface area contributed by atoms with Crippen LogP contribution in [-0.4, -0.2) is 26.4 Å². The minimum atomic E-state index is -0.121. The lowest BCUT2D eigenvalue weighted by atomic mass is 10.1. The molecule has 0 aliphatic rings. The quantitative estimate of drug-likeness (QED) is 0.484. The zero-order chi connectivity index (χ0) is 21.7. The van der Waals surface area contributed by atoms with Gasteiger partial charge in [0, 0.05) is 17.3 Å². The van der Waals surface area contributed by atoms with Crippen LogP contribution in [0.1, 0.15) is 29.4 Å². The highest BCUT2D eigenvalue weighted by Gasteiger charge is 2.15. The number of benzene rings is 2. The monoisotopic (exact) mass is 444 g/mol. The number of ether oxygens (including phenoxy) is 1. The van der Waals surface area contributed by atoms with Crippen LogP contribution in [0.25, 0.3) is 0 Å². The van der Waals surface area contributed by atoms with Gasteiger partial charge >= 0.3 is 0 Å². The molecule has 0 saturated heterocycles. The van der Waals surface area contributed by atoms with E-state index in [-0.39, 0.29) is 11.7 Å². The molecule has 0 atom stereocenters. The molecule has 30 heavy (non-hydrogen) atoms. The van der Waals surface area contributed by atoms with Crippen LogP contribution in [0.5, 0.6) is 5.75 Å². The maximum atomic E-state index is 12.4. The van der Waals surface area contributed by atoms with Crippen LogP contribution in [0.2, 0.25) is 5.02 Å². The lowest BCUT2D eigenvalue weighted by Crippen LogP contribution is -2.15. The fraction of sp³-hybridized carbons (Fsp3) is 0.318. The first kappa shape index (κ1) is 22.2. The van der Waals surface area contributed by atoms with E-state index in [1.165, 1.54) is 11.8 Å². The SMILES string of the molecule is CCn1c(COc2cc(C)ccc2C)nnc1SCC(=O)Nc1cc(Cl)ccc1C. The average molecular weight is 445 g/mol. The maximum absolute atomic E-state index is 12.4. The van der Waals surface area contributed by atoms with E-state index in [4.69, 9.17) is 16.3 Å². The predicted octanol–water partition coefficient (Wildman–Crippen LogP) is 5.19. The molecule has 0 saturated carbocycles. The second-order valence-corrected chi connectivity index (χ2v) is 8.38. The first-order valence-electron chi connectivity index (χ1n) is 9.68. The van der Waals surface area contributed by atoms with Crippen LogP contribution < -0.4 is 10.1 Å². The molecule has 0 bridgehead atoms. The number of aryl methyl sites for hydroxylation is 3. The highest BCUT2D eigenvalue weighted by molar-refractivity contribution is 7.99. The average Bonchev–Trinajstić information content (AvgIpc) is 3.11. The van der Waals surface area contributed by atoms with E-state index < -0.39 is 0 Å². The second-order valence-electron chi connectivity index (χ2n) is 7.00. The normalized spacial score (nSPS) is 10.8. The number of halogens is 1. The molecule has 3 aromatic rings. The van der Waals surface area contributed by atoms with Crippen molar-refractivity contribution in [2.24, 2.45) is 0 Å². The van der Waals surface area contributed by atoms with Gasteiger partial charge in [-0.1, -0.05) is 41.6 Å². The molecule has 1 amide bonds. The Kier molecular flexibility index (Phi) is 7.39. The van der Waals surface area contributed by atoms with Gasteiger partial charge in [-0.15, -0.1) is 10.2 Å².